The molecule has 3 aromatic carbocycles. The van der Waals surface area contributed by atoms with Crippen molar-refractivity contribution in [3.05, 3.63) is 72.1 Å². The van der Waals surface area contributed by atoms with E-state index in [2.05, 4.69) is 27.1 Å². The Balaban J connectivity index is 1.44. The Kier molecular flexibility index (Phi) is 4.90. The van der Waals surface area contributed by atoms with E-state index in [9.17, 15) is 9.59 Å². The molecule has 4 aromatic rings. The van der Waals surface area contributed by atoms with Crippen molar-refractivity contribution >= 4 is 39.3 Å². The fourth-order valence-electron chi connectivity index (χ4n) is 3.98. The molecule has 1 heterocycles. The number of anilines is 1. The molecule has 2 N–H and O–H groups in total. The Bertz CT molecular complexity index is 1300. The van der Waals surface area contributed by atoms with Crippen molar-refractivity contribution in [1.82, 2.24) is 14.9 Å². The van der Waals surface area contributed by atoms with Gasteiger partial charge in [0.25, 0.3) is 5.91 Å². The molecule has 2 amide bonds. The Hall–Kier alpha value is -3.67. The van der Waals surface area contributed by atoms with Crippen LogP contribution < -0.4 is 10.6 Å². The third kappa shape index (κ3) is 3.77. The van der Waals surface area contributed by atoms with Gasteiger partial charge in [-0.15, -0.1) is 0 Å². The molecule has 0 saturated heterocycles. The van der Waals surface area contributed by atoms with Crippen molar-refractivity contribution in [3.63, 3.8) is 0 Å². The number of hydrogen-bond acceptors (Lipinski definition) is 3. The van der Waals surface area contributed by atoms with Crippen LogP contribution >= 0.6 is 0 Å². The predicted octanol–water partition coefficient (Wildman–Crippen LogP) is 4.49. The molecule has 5 rings (SSSR count). The van der Waals surface area contributed by atoms with Gasteiger partial charge in [-0.1, -0.05) is 36.4 Å². The van der Waals surface area contributed by atoms with Gasteiger partial charge in [-0.2, -0.15) is 0 Å². The topological polar surface area (TPSA) is 76.0 Å². The molecule has 0 unspecified atom stereocenters. The SMILES string of the molecule is CCn1c(CNC(=O)c2cc3ccccc3cc2NC(=O)C2CC2)nc2ccccc21. The Morgan fingerprint density at radius 3 is 2.48 bits per heavy atom. The molecule has 156 valence electrons. The van der Waals surface area contributed by atoms with Crippen LogP contribution in [0.4, 0.5) is 5.69 Å². The lowest BCUT2D eigenvalue weighted by molar-refractivity contribution is -0.117. The first kappa shape index (κ1) is 19.3. The highest BCUT2D eigenvalue weighted by molar-refractivity contribution is 6.08. The first-order valence-electron chi connectivity index (χ1n) is 10.7. The first-order valence-corrected chi connectivity index (χ1v) is 10.7. The molecule has 1 aliphatic carbocycles. The molecular weight excluding hydrogens is 388 g/mol. The number of rotatable bonds is 6. The predicted molar refractivity (Wildman–Crippen MR) is 122 cm³/mol. The summed E-state index contributed by atoms with van der Waals surface area (Å²) >= 11 is 0. The molecule has 0 atom stereocenters. The molecule has 0 aliphatic heterocycles. The van der Waals surface area contributed by atoms with E-state index in [0.717, 1.165) is 47.0 Å². The minimum absolute atomic E-state index is 0.0166. The lowest BCUT2D eigenvalue weighted by Crippen LogP contribution is -2.26. The molecule has 1 aliphatic rings. The molecule has 31 heavy (non-hydrogen) atoms. The zero-order valence-corrected chi connectivity index (χ0v) is 17.4. The Morgan fingerprint density at radius 2 is 1.74 bits per heavy atom. The van der Waals surface area contributed by atoms with Crippen molar-refractivity contribution < 1.29 is 9.59 Å². The quantitative estimate of drug-likeness (QED) is 0.490. The van der Waals surface area contributed by atoms with E-state index in [4.69, 9.17) is 0 Å². The molecule has 0 radical (unpaired) electrons. The summed E-state index contributed by atoms with van der Waals surface area (Å²) in [6, 6.07) is 19.5. The van der Waals surface area contributed by atoms with Gasteiger partial charge in [-0.3, -0.25) is 9.59 Å². The van der Waals surface area contributed by atoms with E-state index >= 15 is 0 Å². The number of carbonyl (C=O) groups is 2. The number of para-hydroxylation sites is 2. The fourth-order valence-corrected chi connectivity index (χ4v) is 3.98. The summed E-state index contributed by atoms with van der Waals surface area (Å²) in [5.74, 6) is 0.622. The van der Waals surface area contributed by atoms with Gasteiger partial charge < -0.3 is 15.2 Å². The number of fused-ring (bicyclic) bond motifs is 2. The third-order valence-electron chi connectivity index (χ3n) is 5.79. The van der Waals surface area contributed by atoms with Crippen molar-refractivity contribution in [2.24, 2.45) is 5.92 Å². The molecule has 6 nitrogen and oxygen atoms in total. The maximum atomic E-state index is 13.2. The van der Waals surface area contributed by atoms with Crippen LogP contribution in [0.15, 0.2) is 60.7 Å². The van der Waals surface area contributed by atoms with Crippen LogP contribution in [-0.4, -0.2) is 21.4 Å². The van der Waals surface area contributed by atoms with Crippen molar-refractivity contribution in [2.45, 2.75) is 32.9 Å². The number of aromatic nitrogens is 2. The maximum Gasteiger partial charge on any atom is 0.253 e. The Morgan fingerprint density at radius 1 is 1.03 bits per heavy atom. The number of nitrogens with zero attached hydrogens (tertiary/aromatic N) is 2. The van der Waals surface area contributed by atoms with E-state index in [1.54, 1.807) is 0 Å². The minimum atomic E-state index is -0.230. The van der Waals surface area contributed by atoms with Crippen LogP contribution in [0.1, 0.15) is 35.9 Å². The van der Waals surface area contributed by atoms with Gasteiger partial charge >= 0.3 is 0 Å². The molecule has 1 saturated carbocycles. The van der Waals surface area contributed by atoms with Gasteiger partial charge in [0.1, 0.15) is 5.82 Å². The highest BCUT2D eigenvalue weighted by Crippen LogP contribution is 2.32. The summed E-state index contributed by atoms with van der Waals surface area (Å²) < 4.78 is 2.10. The molecule has 6 heteroatoms. The van der Waals surface area contributed by atoms with Crippen LogP contribution in [0.2, 0.25) is 0 Å². The summed E-state index contributed by atoms with van der Waals surface area (Å²) in [4.78, 5) is 30.2. The van der Waals surface area contributed by atoms with Gasteiger partial charge in [-0.05, 0) is 54.8 Å². The molecule has 1 fully saturated rings. The number of benzene rings is 3. The van der Waals surface area contributed by atoms with Crippen LogP contribution in [0.25, 0.3) is 21.8 Å². The van der Waals surface area contributed by atoms with Crippen LogP contribution in [0, 0.1) is 5.92 Å². The van der Waals surface area contributed by atoms with Gasteiger partial charge in [0.05, 0.1) is 28.8 Å². The van der Waals surface area contributed by atoms with E-state index in [1.807, 2.05) is 60.7 Å². The molecular formula is C25H24N4O2. The van der Waals surface area contributed by atoms with Gasteiger partial charge in [0.2, 0.25) is 5.91 Å². The van der Waals surface area contributed by atoms with Gasteiger partial charge in [0, 0.05) is 12.5 Å². The smallest absolute Gasteiger partial charge is 0.253 e. The summed E-state index contributed by atoms with van der Waals surface area (Å²) in [6.45, 7) is 3.14. The zero-order valence-electron chi connectivity index (χ0n) is 17.4. The lowest BCUT2D eigenvalue weighted by atomic mass is 10.0. The molecule has 0 spiro atoms. The standard InChI is InChI=1S/C25H24N4O2/c1-2-29-22-10-6-5-9-20(22)27-23(29)15-26-25(31)19-13-17-7-3-4-8-18(17)14-21(19)28-24(30)16-11-12-16/h3-10,13-14,16H,2,11-12,15H2,1H3,(H,26,31)(H,28,30). The zero-order chi connectivity index (χ0) is 21.4. The highest BCUT2D eigenvalue weighted by atomic mass is 16.2. The second kappa shape index (κ2) is 7.87. The van der Waals surface area contributed by atoms with E-state index in [-0.39, 0.29) is 17.7 Å². The third-order valence-corrected chi connectivity index (χ3v) is 5.79. The average Bonchev–Trinajstić information content (AvgIpc) is 3.58. The van der Waals surface area contributed by atoms with E-state index in [1.165, 1.54) is 0 Å². The number of nitrogens with one attached hydrogen (secondary N) is 2. The number of amides is 2. The highest BCUT2D eigenvalue weighted by Gasteiger charge is 2.30. The number of hydrogen-bond donors (Lipinski definition) is 2. The summed E-state index contributed by atoms with van der Waals surface area (Å²) in [5.41, 5.74) is 2.98. The lowest BCUT2D eigenvalue weighted by Gasteiger charge is -2.13. The molecule has 1 aromatic heterocycles. The largest absolute Gasteiger partial charge is 0.345 e. The summed E-state index contributed by atoms with van der Waals surface area (Å²) in [7, 11) is 0. The van der Waals surface area contributed by atoms with Gasteiger partial charge in [-0.25, -0.2) is 4.98 Å². The van der Waals surface area contributed by atoms with Crippen LogP contribution in [-0.2, 0) is 17.9 Å². The monoisotopic (exact) mass is 412 g/mol. The summed E-state index contributed by atoms with van der Waals surface area (Å²) in [5, 5.41) is 7.91. The second-order valence-electron chi connectivity index (χ2n) is 7.95. The normalized spacial score (nSPS) is 13.5. The Labute approximate surface area is 180 Å². The number of carbonyl (C=O) groups excluding carboxylic acids is 2. The number of aryl methyl sites for hydroxylation is 1. The maximum absolute atomic E-state index is 13.2. The van der Waals surface area contributed by atoms with Crippen LogP contribution in [0.3, 0.4) is 0 Å². The minimum Gasteiger partial charge on any atom is -0.345 e. The van der Waals surface area contributed by atoms with Crippen molar-refractivity contribution in [3.8, 4) is 0 Å². The number of imidazole rings is 1. The van der Waals surface area contributed by atoms with Gasteiger partial charge in [0.15, 0.2) is 0 Å². The fraction of sp³-hybridized carbons (Fsp3) is 0.240. The summed E-state index contributed by atoms with van der Waals surface area (Å²) in [6.07, 6.45) is 1.82. The van der Waals surface area contributed by atoms with E-state index in [0.29, 0.717) is 17.8 Å². The van der Waals surface area contributed by atoms with Crippen LogP contribution in [0.5, 0.6) is 0 Å². The second-order valence-corrected chi connectivity index (χ2v) is 7.95. The first-order chi connectivity index (χ1) is 15.1. The average molecular weight is 412 g/mol. The molecule has 0 bridgehead atoms. The van der Waals surface area contributed by atoms with Crippen molar-refractivity contribution in [1.29, 1.82) is 0 Å². The van der Waals surface area contributed by atoms with Crippen molar-refractivity contribution in [2.75, 3.05) is 5.32 Å². The van der Waals surface area contributed by atoms with E-state index < -0.39 is 0 Å².